The van der Waals surface area contributed by atoms with Crippen molar-refractivity contribution in [2.75, 3.05) is 25.5 Å². The zero-order valence-corrected chi connectivity index (χ0v) is 19.8. The summed E-state index contributed by atoms with van der Waals surface area (Å²) >= 11 is 0. The van der Waals surface area contributed by atoms with E-state index in [2.05, 4.69) is 35.1 Å². The maximum atomic E-state index is 12.1. The minimum atomic E-state index is -0.284. The number of nitrogens with one attached hydrogen (secondary N) is 4. The zero-order valence-electron chi connectivity index (χ0n) is 19.8. The number of hydrogen-bond acceptors (Lipinski definition) is 4. The standard InChI is InChI=1S/C17H28N4O2.C4H10.C2H6.4H2/c1-5-19-16(12(2)3)17(23)20-11-15(22)21-14-8-6-13(7-9-14)10-18-4;1-3-4-2;1-2;;;;/h6-9,12,16,18-19H,5,10-11H2,1-4H3,(H,20,23)(H,21,22);3-4H2,1-2H3;1-2H3;4*1H/t16-;;;;;;/m0....../s1. The highest BCUT2D eigenvalue weighted by atomic mass is 16.2. The molecule has 0 spiro atoms. The van der Waals surface area contributed by atoms with E-state index in [1.165, 1.54) is 12.8 Å². The largest absolute Gasteiger partial charge is 0.346 e. The number of unbranched alkanes of at least 4 members (excludes halogenated alkanes) is 1. The van der Waals surface area contributed by atoms with Crippen LogP contribution in [0.25, 0.3) is 0 Å². The highest BCUT2D eigenvalue weighted by Crippen LogP contribution is 2.09. The molecule has 1 aromatic rings. The first kappa shape index (κ1) is 29.3. The average Bonchev–Trinajstić information content (AvgIpc) is 2.73. The molecule has 0 aromatic heterocycles. The lowest BCUT2D eigenvalue weighted by Crippen LogP contribution is -2.49. The molecule has 1 atom stereocenters. The first-order chi connectivity index (χ1) is 13.9. The number of carbonyl (C=O) groups excluding carboxylic acids is 2. The average molecular weight is 417 g/mol. The van der Waals surface area contributed by atoms with Gasteiger partial charge in [0.05, 0.1) is 12.6 Å². The molecule has 4 N–H and O–H groups in total. The van der Waals surface area contributed by atoms with Crippen molar-refractivity contribution in [2.45, 2.75) is 73.9 Å². The number of hydrogen-bond donors (Lipinski definition) is 4. The van der Waals surface area contributed by atoms with Crippen LogP contribution < -0.4 is 21.3 Å². The fourth-order valence-corrected chi connectivity index (χ4v) is 2.24. The Balaban J connectivity index is -0.000000164. The lowest BCUT2D eigenvalue weighted by atomic mass is 10.0. The van der Waals surface area contributed by atoms with E-state index >= 15 is 0 Å². The molecule has 6 heteroatoms. The number of rotatable bonds is 10. The molecule has 0 radical (unpaired) electrons. The lowest BCUT2D eigenvalue weighted by Gasteiger charge is -2.20. The maximum Gasteiger partial charge on any atom is 0.243 e. The van der Waals surface area contributed by atoms with Gasteiger partial charge in [-0.3, -0.25) is 9.59 Å². The summed E-state index contributed by atoms with van der Waals surface area (Å²) < 4.78 is 0. The third kappa shape index (κ3) is 14.7. The van der Waals surface area contributed by atoms with Crippen LogP contribution in [0.15, 0.2) is 24.3 Å². The molecule has 0 aliphatic heterocycles. The van der Waals surface area contributed by atoms with Gasteiger partial charge in [-0.05, 0) is 37.2 Å². The predicted octanol–water partition coefficient (Wildman–Crippen LogP) is 4.91. The van der Waals surface area contributed by atoms with Gasteiger partial charge in [-0.15, -0.1) is 0 Å². The molecule has 1 aromatic carbocycles. The van der Waals surface area contributed by atoms with Gasteiger partial charge in [0.2, 0.25) is 11.8 Å². The highest BCUT2D eigenvalue weighted by Gasteiger charge is 2.21. The number of anilines is 1. The normalized spacial score (nSPS) is 10.8. The van der Waals surface area contributed by atoms with Crippen LogP contribution in [0.1, 0.15) is 72.6 Å². The van der Waals surface area contributed by atoms with E-state index in [0.717, 1.165) is 17.8 Å². The number of benzene rings is 1. The van der Waals surface area contributed by atoms with Crippen LogP contribution in [0.5, 0.6) is 0 Å². The van der Waals surface area contributed by atoms with Crippen molar-refractivity contribution < 1.29 is 15.3 Å². The van der Waals surface area contributed by atoms with Crippen molar-refractivity contribution in [1.82, 2.24) is 16.0 Å². The molecule has 0 aliphatic carbocycles. The number of carbonyl (C=O) groups is 2. The Morgan fingerprint density at radius 3 is 1.97 bits per heavy atom. The summed E-state index contributed by atoms with van der Waals surface area (Å²) in [6, 6.07) is 7.31. The Hall–Kier alpha value is -1.92. The topological polar surface area (TPSA) is 82.3 Å². The summed E-state index contributed by atoms with van der Waals surface area (Å²) in [7, 11) is 1.89. The van der Waals surface area contributed by atoms with Crippen LogP contribution in [0, 0.1) is 5.92 Å². The molecule has 0 bridgehead atoms. The summed E-state index contributed by atoms with van der Waals surface area (Å²) in [5.74, 6) is -0.224. The molecule has 0 fully saturated rings. The van der Waals surface area contributed by atoms with Crippen LogP contribution in [0.3, 0.4) is 0 Å². The number of likely N-dealkylation sites (N-methyl/N-ethyl adjacent to an activating group) is 1. The molecule has 0 unspecified atom stereocenters. The maximum absolute atomic E-state index is 12.1. The fraction of sp³-hybridized carbons (Fsp3) is 0.652. The summed E-state index contributed by atoms with van der Waals surface area (Å²) in [5, 5.41) is 11.6. The fourth-order valence-electron chi connectivity index (χ4n) is 2.24. The van der Waals surface area contributed by atoms with Gasteiger partial charge in [0.1, 0.15) is 0 Å². The Bertz CT molecular complexity index is 546. The Labute approximate surface area is 184 Å². The molecule has 176 valence electrons. The summed E-state index contributed by atoms with van der Waals surface area (Å²) in [6.45, 7) is 15.7. The van der Waals surface area contributed by atoms with Crippen molar-refractivity contribution >= 4 is 17.5 Å². The molecule has 0 saturated heterocycles. The summed E-state index contributed by atoms with van der Waals surface area (Å²) in [6.07, 6.45) is 2.64. The predicted molar refractivity (Wildman–Crippen MR) is 134 cm³/mol. The van der Waals surface area contributed by atoms with E-state index in [4.69, 9.17) is 0 Å². The van der Waals surface area contributed by atoms with Gasteiger partial charge in [-0.2, -0.15) is 0 Å². The van der Waals surface area contributed by atoms with Gasteiger partial charge in [-0.1, -0.05) is 73.4 Å². The molecule has 0 aliphatic rings. The van der Waals surface area contributed by atoms with Gasteiger partial charge in [0, 0.05) is 17.9 Å². The van der Waals surface area contributed by atoms with E-state index in [9.17, 15) is 9.59 Å². The Kier molecular flexibility index (Phi) is 19.6. The minimum absolute atomic E-state index is 0. The van der Waals surface area contributed by atoms with E-state index < -0.39 is 0 Å². The highest BCUT2D eigenvalue weighted by molar-refractivity contribution is 5.95. The van der Waals surface area contributed by atoms with Gasteiger partial charge < -0.3 is 21.3 Å². The van der Waals surface area contributed by atoms with Crippen LogP contribution in [0.4, 0.5) is 5.69 Å². The molecule has 0 saturated carbocycles. The smallest absolute Gasteiger partial charge is 0.243 e. The van der Waals surface area contributed by atoms with E-state index in [-0.39, 0.29) is 36.0 Å². The second-order valence-electron chi connectivity index (χ2n) is 6.77. The van der Waals surface area contributed by atoms with Crippen molar-refractivity contribution in [3.63, 3.8) is 0 Å². The second kappa shape index (κ2) is 19.4. The first-order valence-electron chi connectivity index (χ1n) is 10.9. The van der Waals surface area contributed by atoms with Crippen molar-refractivity contribution in [2.24, 2.45) is 5.92 Å². The third-order valence-corrected chi connectivity index (χ3v) is 3.91. The minimum Gasteiger partial charge on any atom is -0.346 e. The molecule has 2 amide bonds. The van der Waals surface area contributed by atoms with Gasteiger partial charge in [0.25, 0.3) is 0 Å². The second-order valence-corrected chi connectivity index (χ2v) is 6.77. The van der Waals surface area contributed by atoms with Crippen LogP contribution in [-0.4, -0.2) is 38.0 Å². The Morgan fingerprint density at radius 2 is 1.55 bits per heavy atom. The molecule has 1 rings (SSSR count). The SMILES string of the molecule is CC.CCCC.CCN[C@H](C(=O)NCC(=O)Nc1ccc(CNC)cc1)C(C)C.[HH].[HH].[HH].[HH]. The van der Waals surface area contributed by atoms with Gasteiger partial charge in [0.15, 0.2) is 0 Å². The van der Waals surface area contributed by atoms with Crippen molar-refractivity contribution in [1.29, 1.82) is 0 Å². The molecular weight excluding hydrogens is 364 g/mol. The molecule has 0 heterocycles. The van der Waals surface area contributed by atoms with E-state index in [1.54, 1.807) is 0 Å². The molecule has 29 heavy (non-hydrogen) atoms. The quantitative estimate of drug-likeness (QED) is 0.437. The van der Waals surface area contributed by atoms with Crippen molar-refractivity contribution in [3.8, 4) is 0 Å². The van der Waals surface area contributed by atoms with E-state index in [0.29, 0.717) is 6.54 Å². The van der Waals surface area contributed by atoms with Crippen LogP contribution in [-0.2, 0) is 16.1 Å². The molecule has 6 nitrogen and oxygen atoms in total. The zero-order chi connectivity index (χ0) is 22.7. The first-order valence-corrected chi connectivity index (χ1v) is 10.9. The van der Waals surface area contributed by atoms with Gasteiger partial charge in [-0.25, -0.2) is 0 Å². The summed E-state index contributed by atoms with van der Waals surface area (Å²) in [4.78, 5) is 24.0. The van der Waals surface area contributed by atoms with E-state index in [1.807, 2.05) is 65.9 Å². The third-order valence-electron chi connectivity index (χ3n) is 3.91. The Morgan fingerprint density at radius 1 is 1.00 bits per heavy atom. The van der Waals surface area contributed by atoms with Gasteiger partial charge >= 0.3 is 0 Å². The lowest BCUT2D eigenvalue weighted by molar-refractivity contribution is -0.126. The van der Waals surface area contributed by atoms with Crippen LogP contribution >= 0.6 is 0 Å². The van der Waals surface area contributed by atoms with Crippen LogP contribution in [0.2, 0.25) is 0 Å². The monoisotopic (exact) mass is 416 g/mol. The summed E-state index contributed by atoms with van der Waals surface area (Å²) in [5.41, 5.74) is 1.86. The molecular formula is C23H52N4O2. The number of amides is 2. The van der Waals surface area contributed by atoms with Crippen molar-refractivity contribution in [3.05, 3.63) is 29.8 Å².